The van der Waals surface area contributed by atoms with Gasteiger partial charge < -0.3 is 14.5 Å². The second-order valence-electron chi connectivity index (χ2n) is 7.01. The number of hydrogen-bond donors (Lipinski definition) is 1. The predicted octanol–water partition coefficient (Wildman–Crippen LogP) is 3.62. The predicted molar refractivity (Wildman–Crippen MR) is 120 cm³/mol. The van der Waals surface area contributed by atoms with Crippen molar-refractivity contribution < 1.29 is 9.53 Å². The van der Waals surface area contributed by atoms with Gasteiger partial charge in [0.1, 0.15) is 12.3 Å². The van der Waals surface area contributed by atoms with Gasteiger partial charge in [-0.3, -0.25) is 14.5 Å². The highest BCUT2D eigenvalue weighted by Crippen LogP contribution is 2.22. The maximum absolute atomic E-state index is 12.9. The number of halogens is 1. The third-order valence-corrected chi connectivity index (χ3v) is 5.79. The molecule has 30 heavy (non-hydrogen) atoms. The average molecular weight is 444 g/mol. The van der Waals surface area contributed by atoms with Crippen LogP contribution in [0.4, 0.5) is 5.69 Å². The Morgan fingerprint density at radius 2 is 1.77 bits per heavy atom. The zero-order valence-electron chi connectivity index (χ0n) is 16.5. The van der Waals surface area contributed by atoms with Crippen LogP contribution in [0.2, 0.25) is 5.02 Å². The van der Waals surface area contributed by atoms with Gasteiger partial charge in [-0.25, -0.2) is 0 Å². The van der Waals surface area contributed by atoms with Gasteiger partial charge in [0, 0.05) is 42.5 Å². The first-order valence-corrected chi connectivity index (χ1v) is 10.4. The molecule has 7 nitrogen and oxygen atoms in total. The number of H-pyrrole nitrogens is 1. The van der Waals surface area contributed by atoms with Crippen LogP contribution in [-0.4, -0.2) is 58.9 Å². The van der Waals surface area contributed by atoms with Crippen molar-refractivity contribution in [1.29, 1.82) is 0 Å². The van der Waals surface area contributed by atoms with Crippen LogP contribution in [0.25, 0.3) is 11.4 Å². The van der Waals surface area contributed by atoms with Crippen LogP contribution < -0.4 is 9.64 Å². The minimum atomic E-state index is 0.0251. The number of benzene rings is 2. The summed E-state index contributed by atoms with van der Waals surface area (Å²) >= 11 is 11.3. The number of piperazine rings is 1. The average Bonchev–Trinajstić information content (AvgIpc) is 3.14. The molecule has 9 heteroatoms. The highest BCUT2D eigenvalue weighted by atomic mass is 35.5. The molecule has 3 aromatic rings. The van der Waals surface area contributed by atoms with Crippen LogP contribution in [0.5, 0.6) is 5.75 Å². The van der Waals surface area contributed by atoms with Crippen molar-refractivity contribution >= 4 is 35.4 Å². The van der Waals surface area contributed by atoms with Gasteiger partial charge >= 0.3 is 0 Å². The van der Waals surface area contributed by atoms with E-state index < -0.39 is 0 Å². The molecule has 4 rings (SSSR count). The number of nitrogens with one attached hydrogen (secondary N) is 1. The van der Waals surface area contributed by atoms with Crippen LogP contribution in [-0.2, 0) is 11.3 Å². The van der Waals surface area contributed by atoms with Crippen molar-refractivity contribution in [3.63, 3.8) is 0 Å². The van der Waals surface area contributed by atoms with Gasteiger partial charge in [0.2, 0.25) is 5.91 Å². The molecular weight excluding hydrogens is 422 g/mol. The molecule has 1 aliphatic rings. The van der Waals surface area contributed by atoms with Gasteiger partial charge in [-0.15, -0.1) is 0 Å². The number of hydrogen-bond acceptors (Lipinski definition) is 5. The number of carbonyl (C=O) groups excluding carboxylic acids is 1. The number of aromatic amines is 1. The number of aromatic nitrogens is 3. The SMILES string of the molecule is COc1ccc(N2CCN(C(=O)Cn3c(-c4ccc(Cl)cc4)n[nH]c3=S)CC2)cc1. The van der Waals surface area contributed by atoms with Crippen molar-refractivity contribution in [2.45, 2.75) is 6.54 Å². The normalized spacial score (nSPS) is 14.1. The summed E-state index contributed by atoms with van der Waals surface area (Å²) in [6, 6.07) is 15.3. The Morgan fingerprint density at radius 3 is 2.40 bits per heavy atom. The standard InChI is InChI=1S/C21H22ClN5O2S/c1-29-18-8-6-17(7-9-18)25-10-12-26(13-11-25)19(28)14-27-20(23-24-21(27)30)15-2-4-16(22)5-3-15/h2-9H,10-14H2,1H3,(H,24,30). The maximum Gasteiger partial charge on any atom is 0.242 e. The van der Waals surface area contributed by atoms with E-state index in [1.807, 2.05) is 41.3 Å². The molecule has 2 heterocycles. The fraction of sp³-hybridized carbons (Fsp3) is 0.286. The molecule has 1 saturated heterocycles. The summed E-state index contributed by atoms with van der Waals surface area (Å²) in [5, 5.41) is 7.73. The summed E-state index contributed by atoms with van der Waals surface area (Å²) < 4.78 is 7.37. The number of amides is 1. The molecule has 0 saturated carbocycles. The van der Waals surface area contributed by atoms with E-state index in [2.05, 4.69) is 15.1 Å². The van der Waals surface area contributed by atoms with Crippen LogP contribution in [0.3, 0.4) is 0 Å². The van der Waals surface area contributed by atoms with E-state index >= 15 is 0 Å². The molecule has 2 aromatic carbocycles. The van der Waals surface area contributed by atoms with Crippen molar-refractivity contribution in [3.05, 3.63) is 58.3 Å². The number of carbonyl (C=O) groups is 1. The fourth-order valence-corrected chi connectivity index (χ4v) is 3.85. The zero-order valence-corrected chi connectivity index (χ0v) is 18.1. The lowest BCUT2D eigenvalue weighted by Crippen LogP contribution is -2.49. The molecule has 0 radical (unpaired) electrons. The Kier molecular flexibility index (Phi) is 6.06. The first-order valence-electron chi connectivity index (χ1n) is 9.63. The van der Waals surface area contributed by atoms with E-state index in [0.29, 0.717) is 28.7 Å². The second kappa shape index (κ2) is 8.89. The van der Waals surface area contributed by atoms with E-state index in [9.17, 15) is 4.79 Å². The van der Waals surface area contributed by atoms with Crippen molar-refractivity contribution in [2.75, 3.05) is 38.2 Å². The molecule has 1 N–H and O–H groups in total. The third-order valence-electron chi connectivity index (χ3n) is 5.22. The van der Waals surface area contributed by atoms with Gasteiger partial charge in [0.15, 0.2) is 10.6 Å². The molecule has 156 valence electrons. The molecule has 0 spiro atoms. The monoisotopic (exact) mass is 443 g/mol. The maximum atomic E-state index is 12.9. The zero-order chi connectivity index (χ0) is 21.1. The lowest BCUT2D eigenvalue weighted by molar-refractivity contribution is -0.132. The minimum Gasteiger partial charge on any atom is -0.497 e. The van der Waals surface area contributed by atoms with E-state index in [0.717, 1.165) is 30.1 Å². The summed E-state index contributed by atoms with van der Waals surface area (Å²) in [7, 11) is 1.66. The lowest BCUT2D eigenvalue weighted by Gasteiger charge is -2.36. The van der Waals surface area contributed by atoms with Crippen LogP contribution in [0, 0.1) is 4.77 Å². The Balaban J connectivity index is 1.41. The minimum absolute atomic E-state index is 0.0251. The molecule has 1 fully saturated rings. The summed E-state index contributed by atoms with van der Waals surface area (Å²) in [4.78, 5) is 17.1. The number of ether oxygens (including phenoxy) is 1. The number of rotatable bonds is 5. The molecule has 0 atom stereocenters. The molecule has 0 bridgehead atoms. The fourth-order valence-electron chi connectivity index (χ4n) is 3.53. The van der Waals surface area contributed by atoms with E-state index in [-0.39, 0.29) is 12.5 Å². The summed E-state index contributed by atoms with van der Waals surface area (Å²) in [5.74, 6) is 1.49. The van der Waals surface area contributed by atoms with Gasteiger partial charge in [-0.1, -0.05) is 11.6 Å². The molecule has 1 amide bonds. The molecule has 0 aliphatic carbocycles. The van der Waals surface area contributed by atoms with Gasteiger partial charge in [-0.05, 0) is 60.7 Å². The van der Waals surface area contributed by atoms with Crippen molar-refractivity contribution in [1.82, 2.24) is 19.7 Å². The highest BCUT2D eigenvalue weighted by Gasteiger charge is 2.23. The van der Waals surface area contributed by atoms with Crippen LogP contribution in [0.1, 0.15) is 0 Å². The van der Waals surface area contributed by atoms with Gasteiger partial charge in [0.25, 0.3) is 0 Å². The Morgan fingerprint density at radius 1 is 1.10 bits per heavy atom. The number of anilines is 1. The Hall–Kier alpha value is -2.84. The number of nitrogens with zero attached hydrogens (tertiary/aromatic N) is 4. The van der Waals surface area contributed by atoms with Gasteiger partial charge in [0.05, 0.1) is 7.11 Å². The summed E-state index contributed by atoms with van der Waals surface area (Å²) in [6.07, 6.45) is 0. The first-order chi connectivity index (χ1) is 14.5. The number of methoxy groups -OCH3 is 1. The Labute approximate surface area is 184 Å². The van der Waals surface area contributed by atoms with Gasteiger partial charge in [-0.2, -0.15) is 5.10 Å². The van der Waals surface area contributed by atoms with Crippen LogP contribution >= 0.6 is 23.8 Å². The van der Waals surface area contributed by atoms with E-state index in [1.54, 1.807) is 23.8 Å². The summed E-state index contributed by atoms with van der Waals surface area (Å²) in [5.41, 5.74) is 1.98. The highest BCUT2D eigenvalue weighted by molar-refractivity contribution is 7.71. The molecule has 0 unspecified atom stereocenters. The van der Waals surface area contributed by atoms with Crippen molar-refractivity contribution in [2.24, 2.45) is 0 Å². The third kappa shape index (κ3) is 4.34. The van der Waals surface area contributed by atoms with Crippen molar-refractivity contribution in [3.8, 4) is 17.1 Å². The smallest absolute Gasteiger partial charge is 0.242 e. The molecular formula is C21H22ClN5O2S. The summed E-state index contributed by atoms with van der Waals surface area (Å²) in [6.45, 7) is 3.02. The van der Waals surface area contributed by atoms with Crippen LogP contribution in [0.15, 0.2) is 48.5 Å². The largest absolute Gasteiger partial charge is 0.497 e. The second-order valence-corrected chi connectivity index (χ2v) is 7.83. The molecule has 1 aliphatic heterocycles. The quantitative estimate of drug-likeness (QED) is 0.610. The van der Waals surface area contributed by atoms with E-state index in [1.165, 1.54) is 0 Å². The topological polar surface area (TPSA) is 66.4 Å². The van der Waals surface area contributed by atoms with E-state index in [4.69, 9.17) is 28.6 Å². The molecule has 1 aromatic heterocycles. The first kappa shape index (κ1) is 20.4. The lowest BCUT2D eigenvalue weighted by atomic mass is 10.2. The Bertz CT molecular complexity index is 1070.